The fourth-order valence-corrected chi connectivity index (χ4v) is 3.85. The Morgan fingerprint density at radius 2 is 1.80 bits per heavy atom. The molecule has 4 rings (SSSR count). The Kier molecular flexibility index (Phi) is 5.76. The number of nitrogens with one attached hydrogen (secondary N) is 1. The van der Waals surface area contributed by atoms with Gasteiger partial charge in [-0.15, -0.1) is 5.10 Å². The van der Waals surface area contributed by atoms with Gasteiger partial charge in [-0.25, -0.2) is 14.6 Å². The van der Waals surface area contributed by atoms with Crippen LogP contribution in [-0.2, 0) is 11.3 Å². The number of hydrogen-bond donors (Lipinski definition) is 1. The Hall–Kier alpha value is -3.26. The maximum absolute atomic E-state index is 12.4. The third-order valence-electron chi connectivity index (χ3n) is 4.72. The minimum Gasteiger partial charge on any atom is -0.325 e. The van der Waals surface area contributed by atoms with Crippen molar-refractivity contribution in [2.75, 3.05) is 11.1 Å². The first-order chi connectivity index (χ1) is 14.5. The SMILES string of the molecule is Cc1ccc(Cn2nnc3c(SCC(=O)Nc4ccc(C)cc4C)ncnc32)cc1. The number of carbonyl (C=O) groups excluding carboxylic acids is 1. The van der Waals surface area contributed by atoms with Gasteiger partial charge in [-0.2, -0.15) is 0 Å². The van der Waals surface area contributed by atoms with Gasteiger partial charge in [0.2, 0.25) is 5.91 Å². The van der Waals surface area contributed by atoms with Crippen LogP contribution in [0.5, 0.6) is 0 Å². The molecule has 0 aliphatic heterocycles. The highest BCUT2D eigenvalue weighted by atomic mass is 32.2. The zero-order valence-corrected chi connectivity index (χ0v) is 17.9. The smallest absolute Gasteiger partial charge is 0.234 e. The third kappa shape index (κ3) is 4.49. The largest absolute Gasteiger partial charge is 0.325 e. The first-order valence-corrected chi connectivity index (χ1v) is 10.6. The van der Waals surface area contributed by atoms with E-state index in [2.05, 4.69) is 56.8 Å². The summed E-state index contributed by atoms with van der Waals surface area (Å²) in [6.45, 7) is 6.64. The van der Waals surface area contributed by atoms with Crippen molar-refractivity contribution < 1.29 is 4.79 Å². The van der Waals surface area contributed by atoms with Gasteiger partial charge in [0.1, 0.15) is 11.4 Å². The number of anilines is 1. The van der Waals surface area contributed by atoms with Crippen LogP contribution in [0.4, 0.5) is 5.69 Å². The summed E-state index contributed by atoms with van der Waals surface area (Å²) in [5.41, 5.74) is 6.61. The summed E-state index contributed by atoms with van der Waals surface area (Å²) in [5.74, 6) is 0.135. The molecule has 0 fully saturated rings. The maximum Gasteiger partial charge on any atom is 0.234 e. The van der Waals surface area contributed by atoms with E-state index in [0.717, 1.165) is 22.4 Å². The Bertz CT molecular complexity index is 1200. The molecule has 0 spiro atoms. The van der Waals surface area contributed by atoms with Crippen molar-refractivity contribution in [3.63, 3.8) is 0 Å². The Balaban J connectivity index is 1.46. The summed E-state index contributed by atoms with van der Waals surface area (Å²) in [6.07, 6.45) is 1.49. The molecule has 1 amide bonds. The van der Waals surface area contributed by atoms with E-state index in [1.165, 1.54) is 23.7 Å². The third-order valence-corrected chi connectivity index (χ3v) is 5.69. The van der Waals surface area contributed by atoms with Crippen molar-refractivity contribution in [1.82, 2.24) is 25.0 Å². The summed E-state index contributed by atoms with van der Waals surface area (Å²) >= 11 is 1.33. The molecule has 0 radical (unpaired) electrons. The zero-order valence-electron chi connectivity index (χ0n) is 17.1. The molecule has 8 heteroatoms. The average molecular weight is 419 g/mol. The molecule has 0 atom stereocenters. The molecular weight excluding hydrogens is 396 g/mol. The monoisotopic (exact) mass is 418 g/mol. The van der Waals surface area contributed by atoms with Gasteiger partial charge >= 0.3 is 0 Å². The number of rotatable bonds is 6. The topological polar surface area (TPSA) is 85.6 Å². The summed E-state index contributed by atoms with van der Waals surface area (Å²) in [4.78, 5) is 21.1. The minimum absolute atomic E-state index is 0.0919. The van der Waals surface area contributed by atoms with Crippen molar-refractivity contribution in [2.24, 2.45) is 0 Å². The molecule has 2 aromatic heterocycles. The van der Waals surface area contributed by atoms with Crippen molar-refractivity contribution in [3.8, 4) is 0 Å². The van der Waals surface area contributed by atoms with Gasteiger partial charge in [-0.1, -0.05) is 64.5 Å². The fourth-order valence-electron chi connectivity index (χ4n) is 3.12. The molecule has 0 saturated carbocycles. The second-order valence-corrected chi connectivity index (χ2v) is 8.20. The van der Waals surface area contributed by atoms with E-state index < -0.39 is 0 Å². The van der Waals surface area contributed by atoms with Crippen molar-refractivity contribution >= 4 is 34.5 Å². The number of aromatic nitrogens is 5. The van der Waals surface area contributed by atoms with E-state index >= 15 is 0 Å². The lowest BCUT2D eigenvalue weighted by atomic mass is 10.1. The molecule has 2 aromatic carbocycles. The Labute approximate surface area is 178 Å². The summed E-state index contributed by atoms with van der Waals surface area (Å²) in [5, 5.41) is 12.1. The number of nitrogens with zero attached hydrogens (tertiary/aromatic N) is 5. The standard InChI is InChI=1S/C22H22N6OS/c1-14-4-7-17(8-5-14)11-28-21-20(26-27-28)22(24-13-23-21)30-12-19(29)25-18-9-6-15(2)10-16(18)3/h4-10,13H,11-12H2,1-3H3,(H,25,29). The quantitative estimate of drug-likeness (QED) is 0.377. The lowest BCUT2D eigenvalue weighted by Gasteiger charge is -2.09. The van der Waals surface area contributed by atoms with Crippen LogP contribution in [0, 0.1) is 20.8 Å². The number of fused-ring (bicyclic) bond motifs is 1. The molecule has 152 valence electrons. The van der Waals surface area contributed by atoms with Crippen LogP contribution in [0.2, 0.25) is 0 Å². The van der Waals surface area contributed by atoms with Crippen LogP contribution in [0.15, 0.2) is 53.8 Å². The number of carbonyl (C=O) groups is 1. The van der Waals surface area contributed by atoms with Gasteiger partial charge in [0, 0.05) is 5.69 Å². The molecule has 1 N–H and O–H groups in total. The molecule has 0 bridgehead atoms. The number of hydrogen-bond acceptors (Lipinski definition) is 6. The number of benzene rings is 2. The zero-order chi connectivity index (χ0) is 21.1. The lowest BCUT2D eigenvalue weighted by molar-refractivity contribution is -0.113. The van der Waals surface area contributed by atoms with Gasteiger partial charge in [-0.3, -0.25) is 4.79 Å². The summed E-state index contributed by atoms with van der Waals surface area (Å²) < 4.78 is 1.75. The molecule has 30 heavy (non-hydrogen) atoms. The molecule has 2 heterocycles. The highest BCUT2D eigenvalue weighted by Gasteiger charge is 2.14. The average Bonchev–Trinajstić information content (AvgIpc) is 3.14. The number of aryl methyl sites for hydroxylation is 3. The Morgan fingerprint density at radius 1 is 1.03 bits per heavy atom. The first-order valence-electron chi connectivity index (χ1n) is 9.59. The van der Waals surface area contributed by atoms with E-state index in [4.69, 9.17) is 0 Å². The van der Waals surface area contributed by atoms with Crippen LogP contribution >= 0.6 is 11.8 Å². The molecule has 0 aliphatic rings. The van der Waals surface area contributed by atoms with Crippen molar-refractivity contribution in [3.05, 3.63) is 71.0 Å². The first kappa shape index (κ1) is 20.0. The number of amides is 1. The molecule has 7 nitrogen and oxygen atoms in total. The van der Waals surface area contributed by atoms with E-state index in [-0.39, 0.29) is 11.7 Å². The van der Waals surface area contributed by atoms with E-state index in [9.17, 15) is 4.79 Å². The fraction of sp³-hybridized carbons (Fsp3) is 0.227. The normalized spacial score (nSPS) is 11.0. The van der Waals surface area contributed by atoms with Crippen LogP contribution < -0.4 is 5.32 Å². The van der Waals surface area contributed by atoms with E-state index in [0.29, 0.717) is 22.7 Å². The summed E-state index contributed by atoms with van der Waals surface area (Å²) in [6, 6.07) is 14.2. The maximum atomic E-state index is 12.4. The van der Waals surface area contributed by atoms with Crippen LogP contribution in [0.3, 0.4) is 0 Å². The molecular formula is C22H22N6OS. The van der Waals surface area contributed by atoms with Gasteiger partial charge in [0.05, 0.1) is 12.3 Å². The molecule has 0 aliphatic carbocycles. The Morgan fingerprint density at radius 3 is 2.57 bits per heavy atom. The van der Waals surface area contributed by atoms with Crippen LogP contribution in [0.1, 0.15) is 22.3 Å². The minimum atomic E-state index is -0.0919. The highest BCUT2D eigenvalue weighted by molar-refractivity contribution is 8.00. The van der Waals surface area contributed by atoms with Crippen molar-refractivity contribution in [1.29, 1.82) is 0 Å². The van der Waals surface area contributed by atoms with Gasteiger partial charge in [0.25, 0.3) is 0 Å². The summed E-state index contributed by atoms with van der Waals surface area (Å²) in [7, 11) is 0. The van der Waals surface area contributed by atoms with Crippen molar-refractivity contribution in [2.45, 2.75) is 32.3 Å². The lowest BCUT2D eigenvalue weighted by Crippen LogP contribution is -2.15. The van der Waals surface area contributed by atoms with Crippen LogP contribution in [-0.4, -0.2) is 36.6 Å². The predicted octanol–water partition coefficient (Wildman–Crippen LogP) is 3.93. The van der Waals surface area contributed by atoms with E-state index in [1.54, 1.807) is 4.68 Å². The second kappa shape index (κ2) is 8.62. The second-order valence-electron chi connectivity index (χ2n) is 7.24. The molecule has 0 saturated heterocycles. The highest BCUT2D eigenvalue weighted by Crippen LogP contribution is 2.23. The molecule has 4 aromatic rings. The van der Waals surface area contributed by atoms with Gasteiger partial charge in [-0.05, 0) is 38.0 Å². The van der Waals surface area contributed by atoms with Gasteiger partial charge in [0.15, 0.2) is 11.2 Å². The molecule has 0 unspecified atom stereocenters. The number of thioether (sulfide) groups is 1. The van der Waals surface area contributed by atoms with E-state index in [1.807, 2.05) is 32.0 Å². The predicted molar refractivity (Wildman–Crippen MR) is 119 cm³/mol. The van der Waals surface area contributed by atoms with Crippen LogP contribution in [0.25, 0.3) is 11.2 Å². The van der Waals surface area contributed by atoms with Gasteiger partial charge < -0.3 is 5.32 Å².